The predicted octanol–water partition coefficient (Wildman–Crippen LogP) is 7.13. The number of rotatable bonds is 18. The van der Waals surface area contributed by atoms with Gasteiger partial charge in [0.2, 0.25) is 5.69 Å². The van der Waals surface area contributed by atoms with Crippen molar-refractivity contribution in [2.45, 2.75) is 89.9 Å². The molecule has 0 aromatic heterocycles. The van der Waals surface area contributed by atoms with Gasteiger partial charge < -0.3 is 10.0 Å². The molecule has 0 bridgehead atoms. The molecule has 1 unspecified atom stereocenters. The Bertz CT molecular complexity index is 1910. The molecule has 0 fully saturated rings. The van der Waals surface area contributed by atoms with E-state index >= 15 is 0 Å². The molecule has 4 rings (SSSR count). The van der Waals surface area contributed by atoms with E-state index in [1.165, 1.54) is 5.56 Å². The molecule has 0 radical (unpaired) electrons. The molecule has 2 aliphatic rings. The Morgan fingerprint density at radius 1 is 0.840 bits per heavy atom. The average Bonchev–Trinajstić information content (AvgIpc) is 3.38. The van der Waals surface area contributed by atoms with Crippen LogP contribution in [0.15, 0.2) is 78.5 Å². The van der Waals surface area contributed by atoms with E-state index in [9.17, 15) is 35.8 Å². The van der Waals surface area contributed by atoms with Gasteiger partial charge >= 0.3 is 5.97 Å². The summed E-state index contributed by atoms with van der Waals surface area (Å²) in [7, 11) is -8.07. The molecule has 2 aliphatic heterocycles. The van der Waals surface area contributed by atoms with E-state index in [0.29, 0.717) is 45.2 Å². The first kappa shape index (κ1) is 39.2. The Hall–Kier alpha value is -3.58. The van der Waals surface area contributed by atoms with Crippen molar-refractivity contribution < 1.29 is 40.4 Å². The number of aliphatic carboxylic acids is 1. The summed E-state index contributed by atoms with van der Waals surface area (Å²) < 4.78 is 66.0. The molecule has 12 heteroatoms. The average molecular weight is 728 g/mol. The number of hydrogen-bond acceptors (Lipinski definition) is 6. The zero-order valence-electron chi connectivity index (χ0n) is 29.5. The quantitative estimate of drug-likeness (QED) is 0.0631. The second-order valence-electron chi connectivity index (χ2n) is 14.1. The van der Waals surface area contributed by atoms with Gasteiger partial charge in [-0.25, -0.2) is 0 Å². The van der Waals surface area contributed by atoms with Crippen LogP contribution >= 0.6 is 0 Å². The fourth-order valence-corrected chi connectivity index (χ4v) is 8.41. The van der Waals surface area contributed by atoms with Crippen LogP contribution in [0.2, 0.25) is 0 Å². The standard InChI is InChI=1S/C38H50N2O8S2/c1-29-21-22-33-31(28-29)37(2,3)34(39(33)24-12-14-26-49(43,44)45)18-6-5-7-19-35-38(4,23-11-10-20-36(41)42)30-16-8-9-17-32(30)40(35)25-13-15-27-50(46,47)48/h5-9,16-19,21-22,28H,10-15,20,23-27H2,1-4H3,(H2-,41,42,43,44,45,46,47,48)/p+1. The van der Waals surface area contributed by atoms with Crippen molar-refractivity contribution in [3.63, 3.8) is 0 Å². The molecule has 2 aromatic carbocycles. The number of fused-ring (bicyclic) bond motifs is 2. The molecule has 0 saturated heterocycles. The molecule has 272 valence electrons. The van der Waals surface area contributed by atoms with E-state index < -0.39 is 31.6 Å². The summed E-state index contributed by atoms with van der Waals surface area (Å²) in [5.41, 5.74) is 7.06. The molecule has 10 nitrogen and oxygen atoms in total. The zero-order chi connectivity index (χ0) is 36.7. The van der Waals surface area contributed by atoms with E-state index in [1.54, 1.807) is 0 Å². The monoisotopic (exact) mass is 727 g/mol. The number of anilines is 1. The summed E-state index contributed by atoms with van der Waals surface area (Å²) in [6.45, 7) is 9.77. The van der Waals surface area contributed by atoms with Gasteiger partial charge in [0, 0.05) is 53.9 Å². The highest BCUT2D eigenvalue weighted by atomic mass is 32.2. The Morgan fingerprint density at radius 3 is 2.20 bits per heavy atom. The highest BCUT2D eigenvalue weighted by molar-refractivity contribution is 7.86. The van der Waals surface area contributed by atoms with Crippen LogP contribution < -0.4 is 4.90 Å². The van der Waals surface area contributed by atoms with Crippen molar-refractivity contribution in [2.75, 3.05) is 29.5 Å². The number of carboxylic acids is 1. The minimum Gasteiger partial charge on any atom is -0.481 e. The van der Waals surface area contributed by atoms with Crippen LogP contribution in [0, 0.1) is 6.92 Å². The molecule has 1 atom stereocenters. The lowest BCUT2D eigenvalue weighted by Gasteiger charge is -2.30. The van der Waals surface area contributed by atoms with E-state index in [4.69, 9.17) is 0 Å². The molecule has 50 heavy (non-hydrogen) atoms. The van der Waals surface area contributed by atoms with Crippen molar-refractivity contribution >= 4 is 43.3 Å². The zero-order valence-corrected chi connectivity index (χ0v) is 31.1. The fraction of sp³-hybridized carbons (Fsp3) is 0.474. The predicted molar refractivity (Wildman–Crippen MR) is 199 cm³/mol. The third kappa shape index (κ3) is 9.80. The van der Waals surface area contributed by atoms with Crippen LogP contribution in [0.3, 0.4) is 0 Å². The number of nitrogens with zero attached hydrogens (tertiary/aromatic N) is 2. The molecular formula is C38H51N2O8S2+. The topological polar surface area (TPSA) is 152 Å². The molecule has 2 heterocycles. The second kappa shape index (κ2) is 16.2. The van der Waals surface area contributed by atoms with Crippen molar-refractivity contribution in [3.05, 3.63) is 95.2 Å². The van der Waals surface area contributed by atoms with Crippen molar-refractivity contribution in [2.24, 2.45) is 0 Å². The van der Waals surface area contributed by atoms with Gasteiger partial charge in [-0.3, -0.25) is 13.9 Å². The number of hydrogen-bond donors (Lipinski definition) is 3. The first-order valence-electron chi connectivity index (χ1n) is 17.2. The molecule has 2 aromatic rings. The van der Waals surface area contributed by atoms with Crippen LogP contribution in [0.4, 0.5) is 11.4 Å². The highest BCUT2D eigenvalue weighted by Crippen LogP contribution is 2.50. The number of allylic oxidation sites excluding steroid dienone is 6. The SMILES string of the molecule is Cc1ccc2c(c1)C(C)(C)C(/C=C/C=C/C=C1/N(CCCCS(=O)(=O)O)c3ccccc3C1(C)CCCCC(=O)O)=[N+]2CCCCS(=O)(=O)O. The van der Waals surface area contributed by atoms with E-state index in [2.05, 4.69) is 79.7 Å². The second-order valence-corrected chi connectivity index (χ2v) is 17.2. The maximum Gasteiger partial charge on any atom is 0.303 e. The third-order valence-electron chi connectivity index (χ3n) is 9.81. The number of carbonyl (C=O) groups is 1. The minimum absolute atomic E-state index is 0.108. The highest BCUT2D eigenvalue weighted by Gasteiger charge is 2.44. The smallest absolute Gasteiger partial charge is 0.303 e. The number of carboxylic acid groups (broad SMARTS) is 1. The number of para-hydroxylation sites is 1. The van der Waals surface area contributed by atoms with Crippen molar-refractivity contribution in [1.82, 2.24) is 0 Å². The molecule has 0 saturated carbocycles. The molecule has 0 amide bonds. The van der Waals surface area contributed by atoms with Gasteiger partial charge in [-0.15, -0.1) is 0 Å². The fourth-order valence-electron chi connectivity index (χ4n) is 7.27. The third-order valence-corrected chi connectivity index (χ3v) is 11.4. The lowest BCUT2D eigenvalue weighted by atomic mass is 9.77. The van der Waals surface area contributed by atoms with E-state index in [1.807, 2.05) is 30.4 Å². The summed E-state index contributed by atoms with van der Waals surface area (Å²) in [4.78, 5) is 13.4. The van der Waals surface area contributed by atoms with Gasteiger partial charge in [-0.1, -0.05) is 54.5 Å². The maximum absolute atomic E-state index is 11.4. The van der Waals surface area contributed by atoms with Crippen LogP contribution in [-0.4, -0.2) is 71.9 Å². The lowest BCUT2D eigenvalue weighted by Crippen LogP contribution is -2.29. The van der Waals surface area contributed by atoms with Crippen LogP contribution in [0.25, 0.3) is 0 Å². The van der Waals surface area contributed by atoms with Gasteiger partial charge in [0.15, 0.2) is 5.71 Å². The number of aryl methyl sites for hydroxylation is 1. The van der Waals surface area contributed by atoms with Gasteiger partial charge in [0.25, 0.3) is 20.2 Å². The van der Waals surface area contributed by atoms with Gasteiger partial charge in [-0.2, -0.15) is 21.4 Å². The minimum atomic E-state index is -4.05. The van der Waals surface area contributed by atoms with Gasteiger partial charge in [0.1, 0.15) is 6.54 Å². The lowest BCUT2D eigenvalue weighted by molar-refractivity contribution is -0.438. The normalized spacial score (nSPS) is 19.6. The van der Waals surface area contributed by atoms with Gasteiger partial charge in [-0.05, 0) is 83.6 Å². The Labute approximate surface area is 297 Å². The summed E-state index contributed by atoms with van der Waals surface area (Å²) in [5, 5.41) is 9.21. The largest absolute Gasteiger partial charge is 0.481 e. The Kier molecular flexibility index (Phi) is 12.7. The van der Waals surface area contributed by atoms with E-state index in [0.717, 1.165) is 46.8 Å². The van der Waals surface area contributed by atoms with Crippen LogP contribution in [-0.2, 0) is 35.9 Å². The molecule has 3 N–H and O–H groups in total. The van der Waals surface area contributed by atoms with E-state index in [-0.39, 0.29) is 23.3 Å². The number of unbranched alkanes of at least 4 members (excludes halogenated alkanes) is 3. The first-order valence-corrected chi connectivity index (χ1v) is 20.5. The number of benzene rings is 2. The van der Waals surface area contributed by atoms with Crippen LogP contribution in [0.1, 0.15) is 88.8 Å². The summed E-state index contributed by atoms with van der Waals surface area (Å²) in [6, 6.07) is 14.5. The molecule has 0 aliphatic carbocycles. The van der Waals surface area contributed by atoms with Crippen molar-refractivity contribution in [3.8, 4) is 0 Å². The Morgan fingerprint density at radius 2 is 1.52 bits per heavy atom. The summed E-state index contributed by atoms with van der Waals surface area (Å²) in [5.74, 6) is -1.38. The molecular weight excluding hydrogens is 677 g/mol. The summed E-state index contributed by atoms with van der Waals surface area (Å²) >= 11 is 0. The Balaban J connectivity index is 1.64. The van der Waals surface area contributed by atoms with Crippen LogP contribution in [0.5, 0.6) is 0 Å². The van der Waals surface area contributed by atoms with Gasteiger partial charge in [0.05, 0.1) is 16.9 Å². The first-order chi connectivity index (χ1) is 23.4. The van der Waals surface area contributed by atoms with Crippen molar-refractivity contribution in [1.29, 1.82) is 0 Å². The summed E-state index contributed by atoms with van der Waals surface area (Å²) in [6.07, 6.45) is 14.1. The maximum atomic E-state index is 11.4. The molecule has 0 spiro atoms.